The van der Waals surface area contributed by atoms with Gasteiger partial charge in [-0.1, -0.05) is 60.3 Å². The van der Waals surface area contributed by atoms with E-state index in [-0.39, 0.29) is 22.6 Å². The smallest absolute Gasteiger partial charge is 0.285 e. The van der Waals surface area contributed by atoms with Gasteiger partial charge < -0.3 is 4.74 Å². The average molecular weight is 384 g/mol. The van der Waals surface area contributed by atoms with E-state index >= 15 is 0 Å². The van der Waals surface area contributed by atoms with Gasteiger partial charge in [-0.25, -0.2) is 0 Å². The van der Waals surface area contributed by atoms with Gasteiger partial charge in [0.05, 0.1) is 18.4 Å². The minimum atomic E-state index is -0.354. The first kappa shape index (κ1) is 18.2. The molecule has 26 heavy (non-hydrogen) atoms. The van der Waals surface area contributed by atoms with E-state index in [2.05, 4.69) is 5.43 Å². The summed E-state index contributed by atoms with van der Waals surface area (Å²) in [4.78, 5) is 25.2. The van der Waals surface area contributed by atoms with Gasteiger partial charge in [-0.05, 0) is 29.9 Å². The molecule has 0 aromatic heterocycles. The highest BCUT2D eigenvalue weighted by molar-refractivity contribution is 8.26. The van der Waals surface area contributed by atoms with Crippen molar-refractivity contribution in [2.75, 3.05) is 7.11 Å². The fourth-order valence-electron chi connectivity index (χ4n) is 2.44. The molecule has 0 atom stereocenters. The Morgan fingerprint density at radius 3 is 2.62 bits per heavy atom. The van der Waals surface area contributed by atoms with E-state index in [0.717, 1.165) is 27.9 Å². The van der Waals surface area contributed by atoms with Gasteiger partial charge in [0.2, 0.25) is 5.91 Å². The van der Waals surface area contributed by atoms with Crippen molar-refractivity contribution in [1.82, 2.24) is 10.4 Å². The third-order valence-corrected chi connectivity index (χ3v) is 4.97. The minimum Gasteiger partial charge on any atom is -0.496 e. The molecule has 132 valence electrons. The summed E-state index contributed by atoms with van der Waals surface area (Å²) in [6.45, 7) is 0. The Hall–Kier alpha value is -2.64. The van der Waals surface area contributed by atoms with Crippen molar-refractivity contribution >= 4 is 46.2 Å². The molecule has 0 aliphatic carbocycles. The van der Waals surface area contributed by atoms with Gasteiger partial charge in [-0.15, -0.1) is 0 Å². The van der Waals surface area contributed by atoms with Crippen LogP contribution in [0.1, 0.15) is 11.1 Å². The van der Waals surface area contributed by atoms with Crippen molar-refractivity contribution < 1.29 is 14.3 Å². The maximum Gasteiger partial charge on any atom is 0.285 e. The molecule has 1 N–H and O–H groups in total. The summed E-state index contributed by atoms with van der Waals surface area (Å²) in [5, 5.41) is 1.12. The number of benzene rings is 2. The molecular formula is C19H16N2O3S2. The molecule has 3 rings (SSSR count). The Morgan fingerprint density at radius 2 is 1.88 bits per heavy atom. The van der Waals surface area contributed by atoms with Crippen LogP contribution in [0.25, 0.3) is 6.08 Å². The fraction of sp³-hybridized carbons (Fsp3) is 0.105. The number of nitrogens with one attached hydrogen (secondary N) is 1. The van der Waals surface area contributed by atoms with Crippen LogP contribution < -0.4 is 10.2 Å². The molecule has 1 fully saturated rings. The van der Waals surface area contributed by atoms with Gasteiger partial charge in [0.25, 0.3) is 5.91 Å². The van der Waals surface area contributed by atoms with E-state index in [4.69, 9.17) is 17.0 Å². The van der Waals surface area contributed by atoms with Gasteiger partial charge in [-0.3, -0.25) is 15.0 Å². The molecule has 1 aliphatic heterocycles. The van der Waals surface area contributed by atoms with Gasteiger partial charge in [0, 0.05) is 5.56 Å². The second kappa shape index (κ2) is 8.16. The zero-order chi connectivity index (χ0) is 18.5. The number of para-hydroxylation sites is 1. The summed E-state index contributed by atoms with van der Waals surface area (Å²) < 4.78 is 5.58. The van der Waals surface area contributed by atoms with Crippen LogP contribution in [0.4, 0.5) is 0 Å². The third kappa shape index (κ3) is 4.12. The summed E-state index contributed by atoms with van der Waals surface area (Å²) in [6.07, 6.45) is 1.88. The molecule has 0 spiro atoms. The van der Waals surface area contributed by atoms with Crippen LogP contribution in [0.15, 0.2) is 59.5 Å². The van der Waals surface area contributed by atoms with Crippen molar-refractivity contribution in [3.05, 3.63) is 70.6 Å². The number of nitrogens with zero attached hydrogens (tertiary/aromatic N) is 1. The van der Waals surface area contributed by atoms with Gasteiger partial charge in [-0.2, -0.15) is 5.01 Å². The Bertz CT molecular complexity index is 881. The lowest BCUT2D eigenvalue weighted by Crippen LogP contribution is -2.45. The Kier molecular flexibility index (Phi) is 5.70. The van der Waals surface area contributed by atoms with E-state index in [9.17, 15) is 9.59 Å². The molecule has 1 aliphatic rings. The lowest BCUT2D eigenvalue weighted by Gasteiger charge is -2.15. The topological polar surface area (TPSA) is 58.6 Å². The number of amides is 2. The highest BCUT2D eigenvalue weighted by atomic mass is 32.2. The Balaban J connectivity index is 1.72. The van der Waals surface area contributed by atoms with E-state index in [1.165, 1.54) is 0 Å². The number of ether oxygens (including phenoxy) is 1. The van der Waals surface area contributed by atoms with Crippen molar-refractivity contribution in [1.29, 1.82) is 0 Å². The molecule has 1 saturated heterocycles. The Labute approximate surface area is 161 Å². The van der Waals surface area contributed by atoms with Crippen LogP contribution in [-0.4, -0.2) is 28.3 Å². The van der Waals surface area contributed by atoms with E-state index in [1.807, 2.05) is 54.6 Å². The van der Waals surface area contributed by atoms with Crippen molar-refractivity contribution in [2.24, 2.45) is 0 Å². The second-order valence-electron chi connectivity index (χ2n) is 5.46. The molecule has 2 amide bonds. The zero-order valence-corrected chi connectivity index (χ0v) is 15.6. The van der Waals surface area contributed by atoms with E-state index in [0.29, 0.717) is 10.7 Å². The molecule has 0 radical (unpaired) electrons. The number of carbonyl (C=O) groups excluding carboxylic acids is 2. The predicted octanol–water partition coefficient (Wildman–Crippen LogP) is 3.17. The van der Waals surface area contributed by atoms with Gasteiger partial charge in [0.1, 0.15) is 5.75 Å². The molecule has 0 unspecified atom stereocenters. The lowest BCUT2D eigenvalue weighted by molar-refractivity contribution is -0.132. The van der Waals surface area contributed by atoms with Crippen molar-refractivity contribution in [3.8, 4) is 5.75 Å². The zero-order valence-electron chi connectivity index (χ0n) is 14.0. The number of thiocarbonyl (C=S) groups is 1. The number of hydrazine groups is 1. The summed E-state index contributed by atoms with van der Waals surface area (Å²) >= 11 is 6.38. The summed E-state index contributed by atoms with van der Waals surface area (Å²) in [5.41, 5.74) is 4.21. The fourth-order valence-corrected chi connectivity index (χ4v) is 3.61. The summed E-state index contributed by atoms with van der Waals surface area (Å²) in [5.74, 6) is 0.00393. The maximum atomic E-state index is 12.6. The highest BCUT2D eigenvalue weighted by Gasteiger charge is 2.33. The summed E-state index contributed by atoms with van der Waals surface area (Å²) in [6, 6.07) is 16.7. The van der Waals surface area contributed by atoms with Crippen LogP contribution >= 0.6 is 24.0 Å². The molecule has 7 heteroatoms. The molecule has 2 aromatic rings. The molecule has 5 nitrogen and oxygen atoms in total. The van der Waals surface area contributed by atoms with E-state index < -0.39 is 0 Å². The largest absolute Gasteiger partial charge is 0.496 e. The molecular weight excluding hydrogens is 368 g/mol. The summed E-state index contributed by atoms with van der Waals surface area (Å²) in [7, 11) is 1.57. The number of carbonyl (C=O) groups is 2. The predicted molar refractivity (Wildman–Crippen MR) is 106 cm³/mol. The number of hydrogen-bond donors (Lipinski definition) is 1. The first-order valence-electron chi connectivity index (χ1n) is 7.83. The SMILES string of the molecule is COc1ccccc1/C=C1\SC(=S)N(NC(=O)Cc2ccccc2)C1=O. The average Bonchev–Trinajstić information content (AvgIpc) is 2.90. The molecule has 0 saturated carbocycles. The Morgan fingerprint density at radius 1 is 1.19 bits per heavy atom. The van der Waals surface area contributed by atoms with Gasteiger partial charge in [0.15, 0.2) is 4.32 Å². The normalized spacial score (nSPS) is 15.4. The van der Waals surface area contributed by atoms with E-state index in [1.54, 1.807) is 13.2 Å². The monoisotopic (exact) mass is 384 g/mol. The molecule has 2 aromatic carbocycles. The second-order valence-corrected chi connectivity index (χ2v) is 7.13. The first-order valence-corrected chi connectivity index (χ1v) is 9.05. The molecule has 0 bridgehead atoms. The van der Waals surface area contributed by atoms with Crippen LogP contribution in [0, 0.1) is 0 Å². The number of hydrogen-bond acceptors (Lipinski definition) is 5. The first-order chi connectivity index (χ1) is 12.6. The van der Waals surface area contributed by atoms with Crippen LogP contribution in [0.5, 0.6) is 5.75 Å². The van der Waals surface area contributed by atoms with Gasteiger partial charge >= 0.3 is 0 Å². The third-order valence-electron chi connectivity index (χ3n) is 3.66. The maximum absolute atomic E-state index is 12.6. The number of rotatable bonds is 5. The lowest BCUT2D eigenvalue weighted by atomic mass is 10.1. The minimum absolute atomic E-state index is 0.170. The quantitative estimate of drug-likeness (QED) is 0.634. The standard InChI is InChI=1S/C19H16N2O3S2/c1-24-15-10-6-5-9-14(15)12-16-18(23)21(19(25)26-16)20-17(22)11-13-7-3-2-4-8-13/h2-10,12H,11H2,1H3,(H,20,22)/b16-12-. The van der Waals surface area contributed by atoms with Crippen LogP contribution in [0.3, 0.4) is 0 Å². The van der Waals surface area contributed by atoms with Crippen LogP contribution in [0.2, 0.25) is 0 Å². The van der Waals surface area contributed by atoms with Crippen LogP contribution in [-0.2, 0) is 16.0 Å². The van der Waals surface area contributed by atoms with Crippen molar-refractivity contribution in [3.63, 3.8) is 0 Å². The number of thioether (sulfide) groups is 1. The highest BCUT2D eigenvalue weighted by Crippen LogP contribution is 2.33. The number of methoxy groups -OCH3 is 1. The molecule has 1 heterocycles. The van der Waals surface area contributed by atoms with Crippen molar-refractivity contribution in [2.45, 2.75) is 6.42 Å².